The predicted molar refractivity (Wildman–Crippen MR) is 111 cm³/mol. The Bertz CT molecular complexity index is 866. The van der Waals surface area contributed by atoms with E-state index in [9.17, 15) is 14.4 Å². The first-order valence-corrected chi connectivity index (χ1v) is 11.3. The van der Waals surface area contributed by atoms with Gasteiger partial charge in [-0.05, 0) is 74.2 Å². The number of benzene rings is 1. The van der Waals surface area contributed by atoms with Crippen LogP contribution in [0.1, 0.15) is 53.6 Å². The van der Waals surface area contributed by atoms with Gasteiger partial charge in [-0.3, -0.25) is 19.7 Å². The van der Waals surface area contributed by atoms with Gasteiger partial charge in [0.05, 0.1) is 0 Å². The first kappa shape index (κ1) is 19.7. The molecule has 0 aromatic heterocycles. The lowest BCUT2D eigenvalue weighted by Gasteiger charge is -2.32. The van der Waals surface area contributed by atoms with Gasteiger partial charge in [0, 0.05) is 25.1 Å². The van der Waals surface area contributed by atoms with E-state index in [0.717, 1.165) is 48.2 Å². The van der Waals surface area contributed by atoms with E-state index in [1.54, 1.807) is 4.90 Å². The molecule has 3 fully saturated rings. The van der Waals surface area contributed by atoms with Crippen LogP contribution >= 0.6 is 0 Å². The molecule has 0 radical (unpaired) electrons. The van der Waals surface area contributed by atoms with Crippen LogP contribution in [0, 0.1) is 17.8 Å². The molecule has 30 heavy (non-hydrogen) atoms. The summed E-state index contributed by atoms with van der Waals surface area (Å²) in [5, 5.41) is 9.53. The van der Waals surface area contributed by atoms with Crippen molar-refractivity contribution in [1.82, 2.24) is 20.9 Å². The van der Waals surface area contributed by atoms with Crippen LogP contribution in [0.3, 0.4) is 0 Å². The lowest BCUT2D eigenvalue weighted by atomic mass is 9.83. The van der Waals surface area contributed by atoms with Crippen LogP contribution in [0.25, 0.3) is 0 Å². The Morgan fingerprint density at radius 2 is 1.97 bits per heavy atom. The lowest BCUT2D eigenvalue weighted by molar-refractivity contribution is -0.136. The first-order valence-electron chi connectivity index (χ1n) is 11.3. The maximum absolute atomic E-state index is 13.2. The molecule has 7 nitrogen and oxygen atoms in total. The Morgan fingerprint density at radius 1 is 1.10 bits per heavy atom. The van der Waals surface area contributed by atoms with E-state index in [1.165, 1.54) is 19.3 Å². The molecular weight excluding hydrogens is 380 g/mol. The van der Waals surface area contributed by atoms with Crippen molar-refractivity contribution in [2.24, 2.45) is 17.8 Å². The molecule has 0 spiro atoms. The molecule has 1 aliphatic carbocycles. The van der Waals surface area contributed by atoms with Crippen molar-refractivity contribution < 1.29 is 14.4 Å². The van der Waals surface area contributed by atoms with Crippen molar-refractivity contribution in [3.63, 3.8) is 0 Å². The van der Waals surface area contributed by atoms with Gasteiger partial charge < -0.3 is 15.5 Å². The van der Waals surface area contributed by atoms with E-state index in [2.05, 4.69) is 16.0 Å². The number of piperidine rings is 2. The Kier molecular flexibility index (Phi) is 5.33. The highest BCUT2D eigenvalue weighted by molar-refractivity contribution is 6.05. The van der Waals surface area contributed by atoms with E-state index in [-0.39, 0.29) is 24.1 Å². The standard InChI is InChI=1S/C23H30N4O3/c28-20-7-6-19(22(29)26-20)27-13-17-3-1-2-16(21(17)23(27)30)11-25-10-15-8-9-24-12-18(15)14-4-5-14/h1-3,14-15,18-19,24-25H,4-13H2,(H,26,28,29)/t15-,18+,19?/m0/s1. The second-order valence-electron chi connectivity index (χ2n) is 9.24. The van der Waals surface area contributed by atoms with Crippen LogP contribution in [0.15, 0.2) is 18.2 Å². The number of nitrogens with zero attached hydrogens (tertiary/aromatic N) is 1. The number of hydrogen-bond acceptors (Lipinski definition) is 5. The van der Waals surface area contributed by atoms with Crippen molar-refractivity contribution in [2.45, 2.75) is 51.2 Å². The zero-order valence-electron chi connectivity index (χ0n) is 17.3. The van der Waals surface area contributed by atoms with Gasteiger partial charge in [0.2, 0.25) is 11.8 Å². The maximum Gasteiger partial charge on any atom is 0.255 e. The molecule has 1 unspecified atom stereocenters. The van der Waals surface area contributed by atoms with Crippen LogP contribution in [0.5, 0.6) is 0 Å². The smallest absolute Gasteiger partial charge is 0.255 e. The molecule has 1 aromatic carbocycles. The third-order valence-electron chi connectivity index (χ3n) is 7.27. The van der Waals surface area contributed by atoms with Crippen LogP contribution < -0.4 is 16.0 Å². The number of hydrogen-bond donors (Lipinski definition) is 3. The van der Waals surface area contributed by atoms with Crippen molar-refractivity contribution in [3.8, 4) is 0 Å². The normalized spacial score (nSPS) is 29.1. The molecule has 0 bridgehead atoms. The number of imide groups is 1. The SMILES string of the molecule is O=C1CCC(N2Cc3cccc(CNC[C@@H]4CCNC[C@@H]4C4CC4)c3C2=O)C(=O)N1. The van der Waals surface area contributed by atoms with Crippen LogP contribution in [-0.4, -0.2) is 48.3 Å². The minimum absolute atomic E-state index is 0.0883. The highest BCUT2D eigenvalue weighted by atomic mass is 16.2. The molecule has 1 aromatic rings. The van der Waals surface area contributed by atoms with E-state index in [0.29, 0.717) is 25.4 Å². The number of nitrogens with one attached hydrogen (secondary N) is 3. The summed E-state index contributed by atoms with van der Waals surface area (Å²) in [5.74, 6) is 1.67. The number of carbonyl (C=O) groups excluding carboxylic acids is 3. The summed E-state index contributed by atoms with van der Waals surface area (Å²) < 4.78 is 0. The molecule has 1 saturated carbocycles. The number of fused-ring (bicyclic) bond motifs is 1. The average molecular weight is 411 g/mol. The van der Waals surface area contributed by atoms with Gasteiger partial charge in [-0.2, -0.15) is 0 Å². The average Bonchev–Trinajstić information content (AvgIpc) is 3.53. The van der Waals surface area contributed by atoms with Gasteiger partial charge in [0.15, 0.2) is 0 Å². The molecule has 3 aliphatic heterocycles. The molecule has 160 valence electrons. The number of rotatable bonds is 6. The predicted octanol–water partition coefficient (Wildman–Crippen LogP) is 1.17. The second kappa shape index (κ2) is 8.12. The van der Waals surface area contributed by atoms with E-state index in [1.807, 2.05) is 18.2 Å². The fourth-order valence-corrected chi connectivity index (χ4v) is 5.50. The molecule has 3 atom stereocenters. The Hall–Kier alpha value is -2.25. The summed E-state index contributed by atoms with van der Waals surface area (Å²) in [4.78, 5) is 38.5. The van der Waals surface area contributed by atoms with Gasteiger partial charge in [-0.15, -0.1) is 0 Å². The van der Waals surface area contributed by atoms with Crippen LogP contribution in [0.2, 0.25) is 0 Å². The Labute approximate surface area is 177 Å². The highest BCUT2D eigenvalue weighted by Crippen LogP contribution is 2.42. The van der Waals surface area contributed by atoms with Crippen molar-refractivity contribution in [1.29, 1.82) is 0 Å². The molecule has 4 aliphatic rings. The fraction of sp³-hybridized carbons (Fsp3) is 0.609. The molecule has 3 N–H and O–H groups in total. The maximum atomic E-state index is 13.2. The molecule has 3 amide bonds. The van der Waals surface area contributed by atoms with Gasteiger partial charge in [-0.1, -0.05) is 18.2 Å². The van der Waals surface area contributed by atoms with Crippen LogP contribution in [-0.2, 0) is 22.7 Å². The summed E-state index contributed by atoms with van der Waals surface area (Å²) >= 11 is 0. The minimum Gasteiger partial charge on any atom is -0.322 e. The summed E-state index contributed by atoms with van der Waals surface area (Å²) in [6, 6.07) is 5.42. The quantitative estimate of drug-likeness (QED) is 0.613. The minimum atomic E-state index is -0.558. The monoisotopic (exact) mass is 410 g/mol. The topological polar surface area (TPSA) is 90.5 Å². The molecule has 2 saturated heterocycles. The summed E-state index contributed by atoms with van der Waals surface area (Å²) in [6.07, 6.45) is 4.64. The molecule has 5 rings (SSSR count). The third kappa shape index (κ3) is 3.76. The van der Waals surface area contributed by atoms with Crippen molar-refractivity contribution in [2.75, 3.05) is 19.6 Å². The Morgan fingerprint density at radius 3 is 2.77 bits per heavy atom. The molecular formula is C23H30N4O3. The van der Waals surface area contributed by atoms with Gasteiger partial charge >= 0.3 is 0 Å². The van der Waals surface area contributed by atoms with Gasteiger partial charge in [-0.25, -0.2) is 0 Å². The summed E-state index contributed by atoms with van der Waals surface area (Å²) in [5.41, 5.74) is 2.71. The zero-order chi connectivity index (χ0) is 20.7. The van der Waals surface area contributed by atoms with E-state index >= 15 is 0 Å². The molecule has 3 heterocycles. The number of carbonyl (C=O) groups is 3. The second-order valence-corrected chi connectivity index (χ2v) is 9.24. The van der Waals surface area contributed by atoms with Crippen molar-refractivity contribution in [3.05, 3.63) is 34.9 Å². The number of amides is 3. The highest BCUT2D eigenvalue weighted by Gasteiger charge is 2.40. The summed E-state index contributed by atoms with van der Waals surface area (Å²) in [6.45, 7) is 4.32. The third-order valence-corrected chi connectivity index (χ3v) is 7.27. The lowest BCUT2D eigenvalue weighted by Crippen LogP contribution is -2.52. The van der Waals surface area contributed by atoms with E-state index in [4.69, 9.17) is 0 Å². The van der Waals surface area contributed by atoms with Crippen molar-refractivity contribution >= 4 is 17.7 Å². The van der Waals surface area contributed by atoms with E-state index < -0.39 is 6.04 Å². The largest absolute Gasteiger partial charge is 0.322 e. The zero-order valence-corrected chi connectivity index (χ0v) is 17.3. The van der Waals surface area contributed by atoms with Gasteiger partial charge in [0.1, 0.15) is 6.04 Å². The van der Waals surface area contributed by atoms with Gasteiger partial charge in [0.25, 0.3) is 5.91 Å². The first-order chi connectivity index (χ1) is 14.6. The Balaban J connectivity index is 1.24. The summed E-state index contributed by atoms with van der Waals surface area (Å²) in [7, 11) is 0. The molecule has 7 heteroatoms. The fourth-order valence-electron chi connectivity index (χ4n) is 5.50. The van der Waals surface area contributed by atoms with Crippen LogP contribution in [0.4, 0.5) is 0 Å².